The number of nitro benzene ring substituents is 1. The lowest BCUT2D eigenvalue weighted by molar-refractivity contribution is -0.386. The van der Waals surface area contributed by atoms with Crippen LogP contribution in [0.4, 0.5) is 11.4 Å². The molecule has 0 spiro atoms. The highest BCUT2D eigenvalue weighted by Gasteiger charge is 2.21. The summed E-state index contributed by atoms with van der Waals surface area (Å²) in [5.41, 5.74) is 9.05. The maximum atomic E-state index is 10.7. The van der Waals surface area contributed by atoms with Crippen molar-refractivity contribution in [2.75, 3.05) is 0 Å². The van der Waals surface area contributed by atoms with Crippen LogP contribution in [-0.4, -0.2) is 4.92 Å². The molecule has 0 heterocycles. The summed E-state index contributed by atoms with van der Waals surface area (Å²) in [5.74, 6) is 0. The van der Waals surface area contributed by atoms with Crippen molar-refractivity contribution in [3.8, 4) is 0 Å². The average Bonchev–Trinajstić information content (AvgIpc) is 2.11. The lowest BCUT2D eigenvalue weighted by Crippen LogP contribution is -1.92. The van der Waals surface area contributed by atoms with Crippen LogP contribution in [0.1, 0.15) is 5.56 Å². The predicted octanol–water partition coefficient (Wildman–Crippen LogP) is 4.37. The minimum atomic E-state index is -0.552. The van der Waals surface area contributed by atoms with Gasteiger partial charge in [-0.1, -0.05) is 5.11 Å². The highest BCUT2D eigenvalue weighted by molar-refractivity contribution is 9.11. The van der Waals surface area contributed by atoms with E-state index in [9.17, 15) is 10.1 Å². The molecule has 6 nitrogen and oxygen atoms in total. The van der Waals surface area contributed by atoms with Gasteiger partial charge in [-0.25, -0.2) is 0 Å². The molecule has 0 atom stereocenters. The van der Waals surface area contributed by atoms with Gasteiger partial charge >= 0.3 is 0 Å². The second kappa shape index (κ2) is 4.61. The van der Waals surface area contributed by atoms with Crippen LogP contribution in [-0.2, 0) is 0 Å². The fraction of sp³-hybridized carbons (Fsp3) is 0.143. The summed E-state index contributed by atoms with van der Waals surface area (Å²) >= 11 is 6.13. The number of rotatable bonds is 2. The maximum absolute atomic E-state index is 10.7. The maximum Gasteiger partial charge on any atom is 0.298 e. The van der Waals surface area contributed by atoms with E-state index >= 15 is 0 Å². The third-order valence-electron chi connectivity index (χ3n) is 1.69. The number of halogens is 2. The molecule has 0 radical (unpaired) electrons. The van der Waals surface area contributed by atoms with Crippen molar-refractivity contribution in [2.24, 2.45) is 5.11 Å². The van der Waals surface area contributed by atoms with E-state index in [4.69, 9.17) is 5.53 Å². The van der Waals surface area contributed by atoms with Crippen LogP contribution in [0, 0.1) is 17.0 Å². The van der Waals surface area contributed by atoms with E-state index in [-0.39, 0.29) is 15.8 Å². The summed E-state index contributed by atoms with van der Waals surface area (Å²) in [5, 5.41) is 14.1. The van der Waals surface area contributed by atoms with E-state index in [2.05, 4.69) is 41.9 Å². The van der Waals surface area contributed by atoms with Gasteiger partial charge in [-0.05, 0) is 55.9 Å². The lowest BCUT2D eigenvalue weighted by atomic mass is 10.2. The smallest absolute Gasteiger partial charge is 0.258 e. The highest BCUT2D eigenvalue weighted by atomic mass is 79.9. The largest absolute Gasteiger partial charge is 0.298 e. The summed E-state index contributed by atoms with van der Waals surface area (Å²) in [6.45, 7) is 1.70. The molecular formula is C7H4Br2N4O2. The summed E-state index contributed by atoms with van der Waals surface area (Å²) in [4.78, 5) is 12.8. The van der Waals surface area contributed by atoms with Gasteiger partial charge in [0.2, 0.25) is 0 Å². The molecule has 1 rings (SSSR count). The Hall–Kier alpha value is -1.11. The molecule has 1 aromatic rings. The number of hydrogen-bond donors (Lipinski definition) is 0. The number of nitro groups is 1. The Morgan fingerprint density at radius 2 is 2.20 bits per heavy atom. The molecule has 0 bridgehead atoms. The van der Waals surface area contributed by atoms with Gasteiger partial charge in [-0.15, -0.1) is 0 Å². The number of azide groups is 1. The molecule has 1 aromatic carbocycles. The molecule has 0 amide bonds. The number of hydrogen-bond acceptors (Lipinski definition) is 3. The minimum Gasteiger partial charge on any atom is -0.258 e. The van der Waals surface area contributed by atoms with E-state index in [0.717, 1.165) is 0 Å². The topological polar surface area (TPSA) is 91.9 Å². The van der Waals surface area contributed by atoms with Crippen molar-refractivity contribution in [1.29, 1.82) is 0 Å². The Morgan fingerprint density at radius 1 is 1.60 bits per heavy atom. The monoisotopic (exact) mass is 334 g/mol. The van der Waals surface area contributed by atoms with Gasteiger partial charge in [-0.3, -0.25) is 10.1 Å². The van der Waals surface area contributed by atoms with Gasteiger partial charge in [-0.2, -0.15) is 0 Å². The van der Waals surface area contributed by atoms with Crippen molar-refractivity contribution in [2.45, 2.75) is 6.92 Å². The first-order chi connectivity index (χ1) is 6.99. The van der Waals surface area contributed by atoms with E-state index in [1.54, 1.807) is 6.92 Å². The molecule has 0 saturated heterocycles. The highest BCUT2D eigenvalue weighted by Crippen LogP contribution is 2.42. The summed E-state index contributed by atoms with van der Waals surface area (Å²) < 4.78 is 0.519. The van der Waals surface area contributed by atoms with E-state index in [0.29, 0.717) is 10.0 Å². The van der Waals surface area contributed by atoms with Crippen molar-refractivity contribution in [3.63, 3.8) is 0 Å². The van der Waals surface area contributed by atoms with Crippen LogP contribution >= 0.6 is 31.9 Å². The van der Waals surface area contributed by atoms with Crippen molar-refractivity contribution < 1.29 is 4.92 Å². The average molecular weight is 336 g/mol. The molecule has 78 valence electrons. The number of aryl methyl sites for hydroxylation is 1. The first kappa shape index (κ1) is 12.0. The van der Waals surface area contributed by atoms with Crippen molar-refractivity contribution >= 4 is 43.2 Å². The second-order valence-corrected chi connectivity index (χ2v) is 4.28. The van der Waals surface area contributed by atoms with Crippen LogP contribution in [0.3, 0.4) is 0 Å². The second-order valence-electron chi connectivity index (χ2n) is 2.63. The zero-order chi connectivity index (χ0) is 11.6. The molecule has 0 saturated carbocycles. The number of benzene rings is 1. The zero-order valence-corrected chi connectivity index (χ0v) is 10.6. The third-order valence-corrected chi connectivity index (χ3v) is 3.04. The molecule has 15 heavy (non-hydrogen) atoms. The molecule has 0 unspecified atom stereocenters. The normalized spacial score (nSPS) is 9.53. The zero-order valence-electron chi connectivity index (χ0n) is 7.44. The summed E-state index contributed by atoms with van der Waals surface area (Å²) in [6, 6.07) is 1.53. The summed E-state index contributed by atoms with van der Waals surface area (Å²) in [6.07, 6.45) is 0. The van der Waals surface area contributed by atoms with Gasteiger partial charge < -0.3 is 0 Å². The minimum absolute atomic E-state index is 0.150. The lowest BCUT2D eigenvalue weighted by Gasteiger charge is -2.04. The van der Waals surface area contributed by atoms with Gasteiger partial charge in [0.1, 0.15) is 4.47 Å². The fourth-order valence-electron chi connectivity index (χ4n) is 1.05. The molecule has 8 heteroatoms. The van der Waals surface area contributed by atoms with Gasteiger partial charge in [0, 0.05) is 4.91 Å². The standard InChI is InChI=1S/C7H4Br2N4O2/c1-3-2-4(8)7(13(14)15)5(9)6(3)11-12-10/h2H,1H3. The molecule has 0 aromatic heterocycles. The Morgan fingerprint density at radius 3 is 2.67 bits per heavy atom. The third kappa shape index (κ3) is 2.28. The summed E-state index contributed by atoms with van der Waals surface area (Å²) in [7, 11) is 0. The first-order valence-corrected chi connectivity index (χ1v) is 5.25. The van der Waals surface area contributed by atoms with Gasteiger partial charge in [0.25, 0.3) is 5.69 Å². The SMILES string of the molecule is Cc1cc(Br)c([N+](=O)[O-])c(Br)c1N=[N+]=[N-]. The van der Waals surface area contributed by atoms with Gasteiger partial charge in [0.15, 0.2) is 0 Å². The first-order valence-electron chi connectivity index (χ1n) is 3.67. The van der Waals surface area contributed by atoms with Crippen molar-refractivity contribution in [1.82, 2.24) is 0 Å². The van der Waals surface area contributed by atoms with E-state index in [1.165, 1.54) is 6.07 Å². The van der Waals surface area contributed by atoms with Crippen LogP contribution in [0.5, 0.6) is 0 Å². The van der Waals surface area contributed by atoms with Crippen LogP contribution in [0.15, 0.2) is 20.1 Å². The molecule has 0 aliphatic rings. The Kier molecular flexibility index (Phi) is 3.67. The van der Waals surface area contributed by atoms with Crippen LogP contribution in [0.2, 0.25) is 0 Å². The van der Waals surface area contributed by atoms with Crippen LogP contribution < -0.4 is 0 Å². The fourth-order valence-corrected chi connectivity index (χ4v) is 2.75. The van der Waals surface area contributed by atoms with Gasteiger partial charge in [0.05, 0.1) is 15.1 Å². The van der Waals surface area contributed by atoms with Crippen LogP contribution in [0.25, 0.3) is 10.4 Å². The van der Waals surface area contributed by atoms with E-state index in [1.807, 2.05) is 0 Å². The Balaban J connectivity index is 3.63. The predicted molar refractivity (Wildman–Crippen MR) is 62.0 cm³/mol. The quantitative estimate of drug-likeness (QED) is 0.264. The molecule has 0 aliphatic carbocycles. The molecule has 0 fully saturated rings. The Bertz CT molecular complexity index is 456. The van der Waals surface area contributed by atoms with E-state index < -0.39 is 4.92 Å². The Labute approximate surface area is 101 Å². The number of nitrogens with zero attached hydrogens (tertiary/aromatic N) is 4. The molecular weight excluding hydrogens is 332 g/mol. The van der Waals surface area contributed by atoms with Crippen molar-refractivity contribution in [3.05, 3.63) is 41.1 Å². The molecule has 0 aliphatic heterocycles. The molecule has 0 N–H and O–H groups in total.